The molecule has 0 spiro atoms. The molecule has 5 heteroatoms. The molecule has 0 saturated heterocycles. The van der Waals surface area contributed by atoms with Gasteiger partial charge in [0.05, 0.1) is 5.69 Å². The third-order valence-electron chi connectivity index (χ3n) is 2.40. The van der Waals surface area contributed by atoms with Gasteiger partial charge in [-0.25, -0.2) is 0 Å². The number of nitrogens with zero attached hydrogens (tertiary/aromatic N) is 1. The predicted octanol–water partition coefficient (Wildman–Crippen LogP) is 2.22. The molecule has 1 rings (SSSR count). The van der Waals surface area contributed by atoms with Crippen molar-refractivity contribution in [3.05, 3.63) is 28.7 Å². The smallest absolute Gasteiger partial charge is 0.250 e. The number of alkyl halides is 1. The molecule has 0 bridgehead atoms. The zero-order valence-corrected chi connectivity index (χ0v) is 10.7. The number of nitrogens with one attached hydrogen (secondary N) is 1. The lowest BCUT2D eigenvalue weighted by atomic mass is 10.2. The molecule has 0 aromatic carbocycles. The summed E-state index contributed by atoms with van der Waals surface area (Å²) in [5.74, 6) is 0.532. The van der Waals surface area contributed by atoms with Crippen molar-refractivity contribution in [2.45, 2.75) is 32.7 Å². The summed E-state index contributed by atoms with van der Waals surface area (Å²) in [7, 11) is 0. The van der Waals surface area contributed by atoms with Gasteiger partial charge in [0.15, 0.2) is 0 Å². The molecule has 1 aromatic rings. The minimum absolute atomic E-state index is 0.0450. The lowest BCUT2D eigenvalue weighted by Gasteiger charge is -2.07. The first-order chi connectivity index (χ1) is 8.17. The lowest BCUT2D eigenvalue weighted by Crippen LogP contribution is -2.19. The van der Waals surface area contributed by atoms with Crippen LogP contribution in [0.4, 0.5) is 5.69 Å². The third-order valence-corrected chi connectivity index (χ3v) is 2.66. The summed E-state index contributed by atoms with van der Waals surface area (Å²) in [5.41, 5.74) is 0.593. The van der Waals surface area contributed by atoms with E-state index in [0.717, 1.165) is 12.8 Å². The summed E-state index contributed by atoms with van der Waals surface area (Å²) in [6.45, 7) is 2.47. The van der Waals surface area contributed by atoms with Crippen LogP contribution in [0.3, 0.4) is 0 Å². The van der Waals surface area contributed by atoms with E-state index in [0.29, 0.717) is 24.5 Å². The molecule has 0 aliphatic rings. The Bertz CT molecular complexity index is 429. The van der Waals surface area contributed by atoms with Crippen LogP contribution in [0, 0.1) is 0 Å². The molecule has 0 atom stereocenters. The number of carbonyl (C=O) groups is 1. The highest BCUT2D eigenvalue weighted by atomic mass is 35.5. The molecule has 94 valence electrons. The minimum atomic E-state index is -0.0624. The van der Waals surface area contributed by atoms with E-state index in [-0.39, 0.29) is 11.5 Å². The number of pyridine rings is 1. The Labute approximate surface area is 106 Å². The summed E-state index contributed by atoms with van der Waals surface area (Å²) >= 11 is 5.53. The van der Waals surface area contributed by atoms with E-state index in [1.807, 2.05) is 6.92 Å². The normalized spacial score (nSPS) is 10.2. The Hall–Kier alpha value is -1.29. The van der Waals surface area contributed by atoms with Gasteiger partial charge in [0.25, 0.3) is 5.56 Å². The van der Waals surface area contributed by atoms with Crippen LogP contribution < -0.4 is 10.9 Å². The molecule has 0 aliphatic carbocycles. The fraction of sp³-hybridized carbons (Fsp3) is 0.500. The van der Waals surface area contributed by atoms with Crippen molar-refractivity contribution in [1.29, 1.82) is 0 Å². The first-order valence-electron chi connectivity index (χ1n) is 5.73. The molecule has 1 N–H and O–H groups in total. The average Bonchev–Trinajstić information content (AvgIpc) is 2.32. The number of unbranched alkanes of at least 4 members (excludes halogenated alkanes) is 1. The van der Waals surface area contributed by atoms with Crippen molar-refractivity contribution in [1.82, 2.24) is 4.57 Å². The van der Waals surface area contributed by atoms with Crippen LogP contribution in [0.2, 0.25) is 0 Å². The van der Waals surface area contributed by atoms with Gasteiger partial charge in [0, 0.05) is 31.1 Å². The monoisotopic (exact) mass is 256 g/mol. The highest BCUT2D eigenvalue weighted by Gasteiger charge is 2.03. The van der Waals surface area contributed by atoms with Gasteiger partial charge < -0.3 is 9.88 Å². The second-order valence-electron chi connectivity index (χ2n) is 3.74. The standard InChI is InChI=1S/C12H17ClN2O2/c1-2-15-9-10(6-7-12(15)17)14-11(16)5-3-4-8-13/h6-7,9H,2-5,8H2,1H3,(H,14,16). The number of rotatable bonds is 6. The molecule has 0 unspecified atom stereocenters. The third kappa shape index (κ3) is 4.61. The second-order valence-corrected chi connectivity index (χ2v) is 4.11. The maximum atomic E-state index is 11.5. The molecule has 0 saturated carbocycles. The van der Waals surface area contributed by atoms with E-state index >= 15 is 0 Å². The summed E-state index contributed by atoms with van der Waals surface area (Å²) < 4.78 is 1.55. The number of amides is 1. The molecule has 4 nitrogen and oxygen atoms in total. The predicted molar refractivity (Wildman–Crippen MR) is 69.6 cm³/mol. The first-order valence-corrected chi connectivity index (χ1v) is 6.27. The topological polar surface area (TPSA) is 51.1 Å². The molecule has 0 radical (unpaired) electrons. The van der Waals surface area contributed by atoms with E-state index in [1.165, 1.54) is 6.07 Å². The van der Waals surface area contributed by atoms with Gasteiger partial charge in [-0.3, -0.25) is 9.59 Å². The Morgan fingerprint density at radius 3 is 2.82 bits per heavy atom. The van der Waals surface area contributed by atoms with E-state index < -0.39 is 0 Å². The van der Waals surface area contributed by atoms with Crippen LogP contribution in [0.1, 0.15) is 26.2 Å². The highest BCUT2D eigenvalue weighted by Crippen LogP contribution is 2.05. The number of halogens is 1. The Kier molecular flexibility index (Phi) is 5.77. The van der Waals surface area contributed by atoms with E-state index in [1.54, 1.807) is 16.8 Å². The Morgan fingerprint density at radius 1 is 1.41 bits per heavy atom. The van der Waals surface area contributed by atoms with E-state index in [2.05, 4.69) is 5.32 Å². The Morgan fingerprint density at radius 2 is 2.18 bits per heavy atom. The van der Waals surface area contributed by atoms with Crippen LogP contribution in [0.25, 0.3) is 0 Å². The number of carbonyl (C=O) groups excluding carboxylic acids is 1. The fourth-order valence-electron chi connectivity index (χ4n) is 1.46. The summed E-state index contributed by atoms with van der Waals surface area (Å²) in [4.78, 5) is 22.9. The molecule has 1 aromatic heterocycles. The van der Waals surface area contributed by atoms with Crippen LogP contribution >= 0.6 is 11.6 Å². The Balaban J connectivity index is 2.56. The molecular weight excluding hydrogens is 240 g/mol. The lowest BCUT2D eigenvalue weighted by molar-refractivity contribution is -0.116. The van der Waals surface area contributed by atoms with Crippen molar-refractivity contribution in [3.8, 4) is 0 Å². The molecule has 17 heavy (non-hydrogen) atoms. The van der Waals surface area contributed by atoms with Crippen molar-refractivity contribution < 1.29 is 4.79 Å². The molecule has 0 aliphatic heterocycles. The number of hydrogen-bond donors (Lipinski definition) is 1. The highest BCUT2D eigenvalue weighted by molar-refractivity contribution is 6.17. The van der Waals surface area contributed by atoms with Gasteiger partial charge >= 0.3 is 0 Å². The van der Waals surface area contributed by atoms with E-state index in [9.17, 15) is 9.59 Å². The molecule has 1 heterocycles. The molecule has 0 fully saturated rings. The van der Waals surface area contributed by atoms with Crippen molar-refractivity contribution in [3.63, 3.8) is 0 Å². The zero-order valence-electron chi connectivity index (χ0n) is 9.91. The molecular formula is C12H17ClN2O2. The SMILES string of the molecule is CCn1cc(NC(=O)CCCCCl)ccc1=O. The zero-order chi connectivity index (χ0) is 12.7. The van der Waals surface area contributed by atoms with Crippen LogP contribution in [-0.4, -0.2) is 16.4 Å². The van der Waals surface area contributed by atoms with E-state index in [4.69, 9.17) is 11.6 Å². The van der Waals surface area contributed by atoms with Crippen molar-refractivity contribution in [2.24, 2.45) is 0 Å². The van der Waals surface area contributed by atoms with Gasteiger partial charge in [-0.2, -0.15) is 0 Å². The number of aryl methyl sites for hydroxylation is 1. The van der Waals surface area contributed by atoms with Gasteiger partial charge in [-0.1, -0.05) is 0 Å². The number of hydrogen-bond acceptors (Lipinski definition) is 2. The summed E-state index contributed by atoms with van der Waals surface area (Å²) in [6, 6.07) is 3.08. The van der Waals surface area contributed by atoms with Gasteiger partial charge in [-0.15, -0.1) is 11.6 Å². The maximum absolute atomic E-state index is 11.5. The summed E-state index contributed by atoms with van der Waals surface area (Å²) in [6.07, 6.45) is 3.73. The van der Waals surface area contributed by atoms with Crippen LogP contribution in [0.15, 0.2) is 23.1 Å². The van der Waals surface area contributed by atoms with Crippen LogP contribution in [0.5, 0.6) is 0 Å². The first kappa shape index (κ1) is 13.8. The van der Waals surface area contributed by atoms with Crippen molar-refractivity contribution >= 4 is 23.2 Å². The van der Waals surface area contributed by atoms with Gasteiger partial charge in [-0.05, 0) is 25.8 Å². The quantitative estimate of drug-likeness (QED) is 0.627. The second kappa shape index (κ2) is 7.12. The summed E-state index contributed by atoms with van der Waals surface area (Å²) in [5, 5.41) is 2.76. The fourth-order valence-corrected chi connectivity index (χ4v) is 1.64. The number of anilines is 1. The van der Waals surface area contributed by atoms with Crippen LogP contribution in [-0.2, 0) is 11.3 Å². The van der Waals surface area contributed by atoms with Gasteiger partial charge in [0.1, 0.15) is 0 Å². The maximum Gasteiger partial charge on any atom is 0.250 e. The molecule has 1 amide bonds. The largest absolute Gasteiger partial charge is 0.325 e. The van der Waals surface area contributed by atoms with Gasteiger partial charge in [0.2, 0.25) is 5.91 Å². The average molecular weight is 257 g/mol. The minimum Gasteiger partial charge on any atom is -0.325 e. The number of aromatic nitrogens is 1. The van der Waals surface area contributed by atoms with Crippen molar-refractivity contribution in [2.75, 3.05) is 11.2 Å².